The second-order valence-electron chi connectivity index (χ2n) is 10.5. The van der Waals surface area contributed by atoms with Gasteiger partial charge in [0.05, 0.1) is 0 Å². The molecular formula is C28H43N5O2. The van der Waals surface area contributed by atoms with Gasteiger partial charge in [0.15, 0.2) is 0 Å². The van der Waals surface area contributed by atoms with Crippen LogP contribution in [-0.4, -0.2) is 64.1 Å². The lowest BCUT2D eigenvalue weighted by Gasteiger charge is -2.29. The molecule has 0 fully saturated rings. The van der Waals surface area contributed by atoms with E-state index in [-0.39, 0.29) is 11.8 Å². The van der Waals surface area contributed by atoms with E-state index < -0.39 is 0 Å². The Morgan fingerprint density at radius 2 is 1.74 bits per heavy atom. The van der Waals surface area contributed by atoms with Crippen LogP contribution in [0, 0.1) is 11.8 Å². The van der Waals surface area contributed by atoms with Gasteiger partial charge in [-0.3, -0.25) is 14.3 Å². The van der Waals surface area contributed by atoms with Gasteiger partial charge in [-0.05, 0) is 48.9 Å². The van der Waals surface area contributed by atoms with E-state index in [1.807, 2.05) is 44.9 Å². The SMILES string of the molecule is CC(C)CC(=O)N1CCCN(CC(C)C)CCN(C(=O)CCCn2cccn2)Cc2ccccc21. The molecule has 0 bridgehead atoms. The number of carbonyl (C=O) groups excluding carboxylic acids is 2. The van der Waals surface area contributed by atoms with Gasteiger partial charge in [0.25, 0.3) is 0 Å². The van der Waals surface area contributed by atoms with Crippen LogP contribution in [0.2, 0.25) is 0 Å². The predicted molar refractivity (Wildman–Crippen MR) is 141 cm³/mol. The van der Waals surface area contributed by atoms with Gasteiger partial charge >= 0.3 is 0 Å². The molecule has 7 nitrogen and oxygen atoms in total. The molecule has 0 unspecified atom stereocenters. The van der Waals surface area contributed by atoms with E-state index in [9.17, 15) is 9.59 Å². The fraction of sp³-hybridized carbons (Fsp3) is 0.607. The van der Waals surface area contributed by atoms with Crippen molar-refractivity contribution < 1.29 is 9.59 Å². The van der Waals surface area contributed by atoms with E-state index in [2.05, 4.69) is 43.8 Å². The molecule has 0 saturated carbocycles. The highest BCUT2D eigenvalue weighted by Crippen LogP contribution is 2.25. The van der Waals surface area contributed by atoms with Gasteiger partial charge in [-0.25, -0.2) is 0 Å². The average molecular weight is 482 g/mol. The molecule has 2 aromatic rings. The Hall–Kier alpha value is -2.67. The van der Waals surface area contributed by atoms with Crippen LogP contribution in [0.15, 0.2) is 42.7 Å². The molecule has 0 spiro atoms. The Kier molecular flexibility index (Phi) is 10.3. The van der Waals surface area contributed by atoms with E-state index >= 15 is 0 Å². The quantitative estimate of drug-likeness (QED) is 0.560. The first-order chi connectivity index (χ1) is 16.8. The number of amides is 2. The Morgan fingerprint density at radius 3 is 2.46 bits per heavy atom. The van der Waals surface area contributed by atoms with Crippen molar-refractivity contribution in [2.45, 2.75) is 66.5 Å². The minimum atomic E-state index is 0.163. The van der Waals surface area contributed by atoms with Crippen molar-refractivity contribution in [1.29, 1.82) is 0 Å². The van der Waals surface area contributed by atoms with E-state index in [4.69, 9.17) is 0 Å². The monoisotopic (exact) mass is 481 g/mol. The zero-order chi connectivity index (χ0) is 25.2. The molecule has 0 N–H and O–H groups in total. The Labute approximate surface area is 211 Å². The van der Waals surface area contributed by atoms with Crippen molar-refractivity contribution >= 4 is 17.5 Å². The number of para-hydroxylation sites is 1. The smallest absolute Gasteiger partial charge is 0.227 e. The maximum Gasteiger partial charge on any atom is 0.227 e. The summed E-state index contributed by atoms with van der Waals surface area (Å²) < 4.78 is 1.87. The van der Waals surface area contributed by atoms with Crippen molar-refractivity contribution in [2.75, 3.05) is 37.6 Å². The third-order valence-electron chi connectivity index (χ3n) is 6.38. The number of rotatable bonds is 8. The highest BCUT2D eigenvalue weighted by atomic mass is 16.2. The molecule has 1 aromatic heterocycles. The fourth-order valence-corrected chi connectivity index (χ4v) is 4.75. The average Bonchev–Trinajstić information content (AvgIpc) is 3.31. The van der Waals surface area contributed by atoms with Crippen molar-refractivity contribution in [2.24, 2.45) is 11.8 Å². The van der Waals surface area contributed by atoms with Crippen molar-refractivity contribution in [3.63, 3.8) is 0 Å². The highest BCUT2D eigenvalue weighted by molar-refractivity contribution is 5.94. The lowest BCUT2D eigenvalue weighted by Crippen LogP contribution is -2.40. The summed E-state index contributed by atoms with van der Waals surface area (Å²) in [5.41, 5.74) is 1.99. The van der Waals surface area contributed by atoms with Crippen LogP contribution in [0.5, 0.6) is 0 Å². The van der Waals surface area contributed by atoms with E-state index in [0.717, 1.165) is 50.3 Å². The zero-order valence-electron chi connectivity index (χ0n) is 22.0. The molecule has 1 aliphatic heterocycles. The topological polar surface area (TPSA) is 61.7 Å². The van der Waals surface area contributed by atoms with Crippen molar-refractivity contribution in [1.82, 2.24) is 19.6 Å². The first-order valence-corrected chi connectivity index (χ1v) is 13.2. The minimum Gasteiger partial charge on any atom is -0.337 e. The Morgan fingerprint density at radius 1 is 0.943 bits per heavy atom. The van der Waals surface area contributed by atoms with Gasteiger partial charge in [-0.1, -0.05) is 45.9 Å². The standard InChI is InChI=1S/C28H43N5O2/c1-23(2)20-28(35)33-17-9-14-30(21-24(3)4)18-19-31(22-25-10-5-6-11-26(25)33)27(34)12-7-15-32-16-8-13-29-32/h5-6,8,10-11,13,16,23-24H,7,9,12,14-15,17-22H2,1-4H3. The molecule has 7 heteroatoms. The molecular weight excluding hydrogens is 438 g/mol. The summed E-state index contributed by atoms with van der Waals surface area (Å²) >= 11 is 0. The fourth-order valence-electron chi connectivity index (χ4n) is 4.75. The van der Waals surface area contributed by atoms with Crippen LogP contribution in [0.1, 0.15) is 58.9 Å². The van der Waals surface area contributed by atoms with Crippen LogP contribution in [0.4, 0.5) is 5.69 Å². The minimum absolute atomic E-state index is 0.163. The largest absolute Gasteiger partial charge is 0.337 e. The summed E-state index contributed by atoms with van der Waals surface area (Å²) in [6.45, 7) is 14.1. The van der Waals surface area contributed by atoms with E-state index in [1.54, 1.807) is 6.20 Å². The van der Waals surface area contributed by atoms with Crippen molar-refractivity contribution in [3.8, 4) is 0 Å². The van der Waals surface area contributed by atoms with Gasteiger partial charge in [0, 0.05) is 70.2 Å². The molecule has 1 aromatic carbocycles. The number of hydrogen-bond acceptors (Lipinski definition) is 4. The Balaban J connectivity index is 1.82. The number of aryl methyl sites for hydroxylation is 1. The second kappa shape index (κ2) is 13.4. The molecule has 1 aliphatic rings. The number of benzene rings is 1. The summed E-state index contributed by atoms with van der Waals surface area (Å²) in [6, 6.07) is 10.0. The maximum atomic E-state index is 13.4. The van der Waals surface area contributed by atoms with Crippen LogP contribution in [0.3, 0.4) is 0 Å². The number of hydrogen-bond donors (Lipinski definition) is 0. The summed E-state index contributed by atoms with van der Waals surface area (Å²) in [5.74, 6) is 1.18. The maximum absolute atomic E-state index is 13.4. The Bertz CT molecular complexity index is 925. The lowest BCUT2D eigenvalue weighted by atomic mass is 10.1. The molecule has 3 rings (SSSR count). The molecule has 0 radical (unpaired) electrons. The molecule has 0 atom stereocenters. The lowest BCUT2D eigenvalue weighted by molar-refractivity contribution is -0.132. The molecule has 0 aliphatic carbocycles. The summed E-state index contributed by atoms with van der Waals surface area (Å²) in [4.78, 5) is 33.1. The normalized spacial score (nSPS) is 15.8. The second-order valence-corrected chi connectivity index (χ2v) is 10.5. The van der Waals surface area contributed by atoms with Gasteiger partial charge in [0.2, 0.25) is 11.8 Å². The van der Waals surface area contributed by atoms with Crippen LogP contribution >= 0.6 is 0 Å². The number of anilines is 1. The summed E-state index contributed by atoms with van der Waals surface area (Å²) in [5, 5.41) is 4.25. The first-order valence-electron chi connectivity index (χ1n) is 13.2. The van der Waals surface area contributed by atoms with Crippen LogP contribution < -0.4 is 4.90 Å². The zero-order valence-corrected chi connectivity index (χ0v) is 22.0. The molecule has 2 heterocycles. The van der Waals surface area contributed by atoms with E-state index in [0.29, 0.717) is 44.3 Å². The van der Waals surface area contributed by atoms with Gasteiger partial charge < -0.3 is 14.7 Å². The third-order valence-corrected chi connectivity index (χ3v) is 6.38. The number of nitrogens with zero attached hydrogens (tertiary/aromatic N) is 5. The third kappa shape index (κ3) is 8.49. The van der Waals surface area contributed by atoms with Crippen LogP contribution in [0.25, 0.3) is 0 Å². The first kappa shape index (κ1) is 26.9. The van der Waals surface area contributed by atoms with Crippen molar-refractivity contribution in [3.05, 3.63) is 48.3 Å². The van der Waals surface area contributed by atoms with Gasteiger partial charge in [-0.2, -0.15) is 5.10 Å². The molecule has 0 saturated heterocycles. The van der Waals surface area contributed by atoms with Gasteiger partial charge in [-0.15, -0.1) is 0 Å². The summed E-state index contributed by atoms with van der Waals surface area (Å²) in [7, 11) is 0. The van der Waals surface area contributed by atoms with Gasteiger partial charge in [0.1, 0.15) is 0 Å². The molecule has 35 heavy (non-hydrogen) atoms. The predicted octanol–water partition coefficient (Wildman–Crippen LogP) is 4.43. The molecule has 192 valence electrons. The molecule has 2 amide bonds. The van der Waals surface area contributed by atoms with E-state index in [1.165, 1.54) is 0 Å². The van der Waals surface area contributed by atoms with Crippen LogP contribution in [-0.2, 0) is 22.7 Å². The number of aromatic nitrogens is 2. The number of carbonyl (C=O) groups is 2. The number of fused-ring (bicyclic) bond motifs is 1. The summed E-state index contributed by atoms with van der Waals surface area (Å²) in [6.07, 6.45) is 6.39. The highest BCUT2D eigenvalue weighted by Gasteiger charge is 2.24.